The third-order valence-electron chi connectivity index (χ3n) is 5.07. The van der Waals surface area contributed by atoms with Gasteiger partial charge in [-0.15, -0.1) is 11.8 Å². The second kappa shape index (κ2) is 7.20. The van der Waals surface area contributed by atoms with Crippen molar-refractivity contribution in [3.8, 4) is 17.2 Å². The van der Waals surface area contributed by atoms with Crippen LogP contribution in [0.4, 0.5) is 0 Å². The van der Waals surface area contributed by atoms with Gasteiger partial charge in [0.25, 0.3) is 0 Å². The van der Waals surface area contributed by atoms with Gasteiger partial charge in [0.15, 0.2) is 0 Å². The van der Waals surface area contributed by atoms with Gasteiger partial charge in [-0.3, -0.25) is 0 Å². The lowest BCUT2D eigenvalue weighted by molar-refractivity contribution is 0.414. The summed E-state index contributed by atoms with van der Waals surface area (Å²) in [6.45, 7) is 0. The van der Waals surface area contributed by atoms with Crippen LogP contribution in [-0.2, 0) is 4.75 Å². The molecule has 3 nitrogen and oxygen atoms in total. The summed E-state index contributed by atoms with van der Waals surface area (Å²) in [7, 11) is 5.08. The Morgan fingerprint density at radius 3 is 1.33 bits per heavy atom. The van der Waals surface area contributed by atoms with E-state index in [2.05, 4.69) is 36.4 Å². The van der Waals surface area contributed by atoms with Crippen LogP contribution in [0.5, 0.6) is 17.2 Å². The quantitative estimate of drug-likeness (QED) is 0.534. The van der Waals surface area contributed by atoms with Crippen molar-refractivity contribution in [2.45, 2.75) is 10.00 Å². The number of benzene rings is 3. The van der Waals surface area contributed by atoms with Crippen LogP contribution in [0.15, 0.2) is 72.8 Å². The van der Waals surface area contributed by atoms with Gasteiger partial charge in [-0.1, -0.05) is 36.4 Å². The minimum absolute atomic E-state index is 0.104. The van der Waals surface area contributed by atoms with Crippen LogP contribution in [0.2, 0.25) is 0 Å². The molecule has 0 aromatic heterocycles. The monoisotopic (exact) mass is 378 g/mol. The van der Waals surface area contributed by atoms with Crippen LogP contribution >= 0.6 is 11.8 Å². The van der Waals surface area contributed by atoms with E-state index in [9.17, 15) is 0 Å². The summed E-state index contributed by atoms with van der Waals surface area (Å²) in [5.41, 5.74) is 3.85. The van der Waals surface area contributed by atoms with Crippen LogP contribution in [0, 0.1) is 0 Å². The third kappa shape index (κ3) is 3.15. The van der Waals surface area contributed by atoms with Gasteiger partial charge in [-0.05, 0) is 53.1 Å². The molecule has 1 aliphatic rings. The van der Waals surface area contributed by atoms with Crippen molar-refractivity contribution in [3.05, 3.63) is 89.5 Å². The van der Waals surface area contributed by atoms with Crippen LogP contribution in [0.3, 0.4) is 0 Å². The number of thioether (sulfide) groups is 1. The zero-order chi connectivity index (χ0) is 18.9. The van der Waals surface area contributed by atoms with Crippen molar-refractivity contribution in [2.75, 3.05) is 21.3 Å². The summed E-state index contributed by atoms with van der Waals surface area (Å²) in [6, 6.07) is 25.2. The van der Waals surface area contributed by atoms with Gasteiger partial charge in [-0.2, -0.15) is 0 Å². The molecular formula is C23H22O3S. The largest absolute Gasteiger partial charge is 0.497 e. The first-order valence-electron chi connectivity index (χ1n) is 8.82. The van der Waals surface area contributed by atoms with E-state index < -0.39 is 0 Å². The molecule has 1 atom stereocenters. The number of ether oxygens (including phenoxy) is 3. The van der Waals surface area contributed by atoms with Gasteiger partial charge in [0.05, 0.1) is 31.3 Å². The van der Waals surface area contributed by atoms with Crippen molar-refractivity contribution < 1.29 is 14.2 Å². The molecule has 0 amide bonds. The van der Waals surface area contributed by atoms with Crippen molar-refractivity contribution >= 4 is 11.8 Å². The van der Waals surface area contributed by atoms with E-state index in [1.54, 1.807) is 21.3 Å². The van der Waals surface area contributed by atoms with Crippen LogP contribution in [-0.4, -0.2) is 21.3 Å². The second-order valence-corrected chi connectivity index (χ2v) is 7.81. The molecule has 1 heterocycles. The van der Waals surface area contributed by atoms with E-state index in [1.807, 2.05) is 48.2 Å². The van der Waals surface area contributed by atoms with Crippen molar-refractivity contribution in [1.82, 2.24) is 0 Å². The topological polar surface area (TPSA) is 27.7 Å². The Balaban J connectivity index is 1.75. The molecule has 0 saturated carbocycles. The lowest BCUT2D eigenvalue weighted by Crippen LogP contribution is -2.11. The predicted molar refractivity (Wildman–Crippen MR) is 110 cm³/mol. The Hall–Kier alpha value is -2.59. The lowest BCUT2D eigenvalue weighted by atomic mass is 9.86. The van der Waals surface area contributed by atoms with Gasteiger partial charge in [-0.25, -0.2) is 0 Å². The summed E-state index contributed by atoms with van der Waals surface area (Å²) in [4.78, 5) is 0. The van der Waals surface area contributed by atoms with E-state index in [4.69, 9.17) is 14.2 Å². The predicted octanol–water partition coefficient (Wildman–Crippen LogP) is 5.44. The van der Waals surface area contributed by atoms with Gasteiger partial charge in [0.1, 0.15) is 17.2 Å². The Kier molecular flexibility index (Phi) is 4.75. The average Bonchev–Trinajstić information content (AvgIpc) is 3.51. The molecule has 3 aromatic rings. The summed E-state index contributed by atoms with van der Waals surface area (Å²) in [6.07, 6.45) is 0. The molecule has 0 radical (unpaired) electrons. The Morgan fingerprint density at radius 2 is 0.963 bits per heavy atom. The summed E-state index contributed by atoms with van der Waals surface area (Å²) in [5.74, 6) is 2.62. The first-order valence-corrected chi connectivity index (χ1v) is 9.70. The fourth-order valence-electron chi connectivity index (χ4n) is 3.52. The molecule has 138 valence electrons. The molecule has 3 aromatic carbocycles. The Labute approximate surface area is 164 Å². The first kappa shape index (κ1) is 17.8. The molecule has 27 heavy (non-hydrogen) atoms. The molecule has 1 aliphatic heterocycles. The second-order valence-electron chi connectivity index (χ2n) is 6.46. The van der Waals surface area contributed by atoms with Crippen LogP contribution in [0.1, 0.15) is 21.9 Å². The van der Waals surface area contributed by atoms with Crippen molar-refractivity contribution in [3.63, 3.8) is 0 Å². The molecular weight excluding hydrogens is 356 g/mol. The highest BCUT2D eigenvalue weighted by Gasteiger charge is 2.58. The van der Waals surface area contributed by atoms with E-state index in [1.165, 1.54) is 16.7 Å². The maximum absolute atomic E-state index is 5.34. The minimum atomic E-state index is -0.104. The van der Waals surface area contributed by atoms with Gasteiger partial charge in [0, 0.05) is 0 Å². The summed E-state index contributed by atoms with van der Waals surface area (Å²) < 4.78 is 15.9. The normalized spacial score (nSPS) is 17.2. The highest BCUT2D eigenvalue weighted by atomic mass is 32.2. The van der Waals surface area contributed by atoms with Gasteiger partial charge >= 0.3 is 0 Å². The van der Waals surface area contributed by atoms with Crippen LogP contribution in [0.25, 0.3) is 0 Å². The van der Waals surface area contributed by atoms with E-state index in [0.717, 1.165) is 17.2 Å². The summed E-state index contributed by atoms with van der Waals surface area (Å²) >= 11 is 1.96. The minimum Gasteiger partial charge on any atom is -0.497 e. The number of hydrogen-bond donors (Lipinski definition) is 0. The first-order chi connectivity index (χ1) is 13.2. The lowest BCUT2D eigenvalue weighted by Gasteiger charge is -2.18. The maximum atomic E-state index is 5.34. The molecule has 0 N–H and O–H groups in total. The van der Waals surface area contributed by atoms with E-state index in [0.29, 0.717) is 5.25 Å². The molecule has 4 rings (SSSR count). The van der Waals surface area contributed by atoms with E-state index in [-0.39, 0.29) is 4.75 Å². The van der Waals surface area contributed by atoms with E-state index >= 15 is 0 Å². The fourth-order valence-corrected chi connectivity index (χ4v) is 5.07. The third-order valence-corrected chi connectivity index (χ3v) is 6.76. The molecule has 0 aliphatic carbocycles. The molecule has 4 heteroatoms. The maximum Gasteiger partial charge on any atom is 0.118 e. The highest BCUT2D eigenvalue weighted by molar-refractivity contribution is 8.07. The summed E-state index contributed by atoms with van der Waals surface area (Å²) in [5, 5.41) is 0.352. The highest BCUT2D eigenvalue weighted by Crippen LogP contribution is 2.74. The Bertz CT molecular complexity index is 854. The standard InChI is InChI=1S/C23H22O3S/c1-24-19-10-4-16(5-11-19)22-23(27-22,17-6-12-20(25-2)13-7-17)18-8-14-21(26-3)15-9-18/h4-15,22H,1-3H3/t22-/m1/s1. The zero-order valence-electron chi connectivity index (χ0n) is 15.6. The van der Waals surface area contributed by atoms with Gasteiger partial charge in [0.2, 0.25) is 0 Å². The molecule has 0 unspecified atom stereocenters. The average molecular weight is 378 g/mol. The van der Waals surface area contributed by atoms with Crippen molar-refractivity contribution in [2.24, 2.45) is 0 Å². The number of rotatable bonds is 6. The number of hydrogen-bond acceptors (Lipinski definition) is 4. The molecule has 0 bridgehead atoms. The molecule has 1 fully saturated rings. The van der Waals surface area contributed by atoms with Crippen molar-refractivity contribution in [1.29, 1.82) is 0 Å². The van der Waals surface area contributed by atoms with Crippen LogP contribution < -0.4 is 14.2 Å². The molecule has 0 spiro atoms. The number of methoxy groups -OCH3 is 3. The smallest absolute Gasteiger partial charge is 0.118 e. The SMILES string of the molecule is COc1ccc([C@H]2SC2(c2ccc(OC)cc2)c2ccc(OC)cc2)cc1. The Morgan fingerprint density at radius 1 is 0.593 bits per heavy atom. The zero-order valence-corrected chi connectivity index (χ0v) is 16.5. The fraction of sp³-hybridized carbons (Fsp3) is 0.217. The van der Waals surface area contributed by atoms with Gasteiger partial charge < -0.3 is 14.2 Å². The molecule has 1 saturated heterocycles.